The maximum absolute atomic E-state index is 11.1. The Bertz CT molecular complexity index is 190. The van der Waals surface area contributed by atoms with E-state index in [1.165, 1.54) is 7.11 Å². The zero-order valence-electron chi connectivity index (χ0n) is 8.78. The molecule has 0 aliphatic rings. The SMILES string of the molecule is CCC(=CCSCCCO)C(=O)OC. The molecule has 0 saturated heterocycles. The van der Waals surface area contributed by atoms with Gasteiger partial charge in [0.15, 0.2) is 0 Å². The Balaban J connectivity index is 3.76. The third-order valence-corrected chi connectivity index (χ3v) is 2.70. The number of thioether (sulfide) groups is 1. The quantitative estimate of drug-likeness (QED) is 0.400. The fourth-order valence-corrected chi connectivity index (χ4v) is 1.73. The molecule has 0 atom stereocenters. The number of hydrogen-bond donors (Lipinski definition) is 1. The third kappa shape index (κ3) is 6.05. The second-order valence-corrected chi connectivity index (χ2v) is 3.88. The Morgan fingerprint density at radius 1 is 1.57 bits per heavy atom. The van der Waals surface area contributed by atoms with Crippen LogP contribution < -0.4 is 0 Å². The first-order valence-electron chi connectivity index (χ1n) is 4.72. The van der Waals surface area contributed by atoms with Gasteiger partial charge in [-0.3, -0.25) is 0 Å². The Labute approximate surface area is 89.5 Å². The van der Waals surface area contributed by atoms with E-state index in [-0.39, 0.29) is 12.6 Å². The standard InChI is InChI=1S/C10H18O3S/c1-3-9(10(12)13-2)5-8-14-7-4-6-11/h5,11H,3-4,6-8H2,1-2H3. The van der Waals surface area contributed by atoms with E-state index < -0.39 is 0 Å². The van der Waals surface area contributed by atoms with E-state index >= 15 is 0 Å². The van der Waals surface area contributed by atoms with Crippen molar-refractivity contribution in [2.75, 3.05) is 25.2 Å². The lowest BCUT2D eigenvalue weighted by Crippen LogP contribution is -2.04. The fraction of sp³-hybridized carbons (Fsp3) is 0.700. The molecule has 0 aliphatic heterocycles. The maximum Gasteiger partial charge on any atom is 0.333 e. The fourth-order valence-electron chi connectivity index (χ4n) is 0.913. The van der Waals surface area contributed by atoms with Crippen molar-refractivity contribution in [3.63, 3.8) is 0 Å². The van der Waals surface area contributed by atoms with Crippen molar-refractivity contribution in [2.45, 2.75) is 19.8 Å². The molecule has 0 rings (SSSR count). The molecule has 0 amide bonds. The minimum absolute atomic E-state index is 0.231. The average molecular weight is 218 g/mol. The van der Waals surface area contributed by atoms with Crippen LogP contribution in [-0.2, 0) is 9.53 Å². The van der Waals surface area contributed by atoms with Crippen molar-refractivity contribution in [2.24, 2.45) is 0 Å². The van der Waals surface area contributed by atoms with E-state index in [1.807, 2.05) is 13.0 Å². The number of methoxy groups -OCH3 is 1. The number of ether oxygens (including phenoxy) is 1. The van der Waals surface area contributed by atoms with Crippen molar-refractivity contribution in [1.82, 2.24) is 0 Å². The van der Waals surface area contributed by atoms with Crippen LogP contribution in [0.4, 0.5) is 0 Å². The van der Waals surface area contributed by atoms with Crippen LogP contribution in [0, 0.1) is 0 Å². The Morgan fingerprint density at radius 2 is 2.29 bits per heavy atom. The molecule has 0 aromatic carbocycles. The van der Waals surface area contributed by atoms with E-state index in [0.29, 0.717) is 6.42 Å². The van der Waals surface area contributed by atoms with Crippen LogP contribution in [0.3, 0.4) is 0 Å². The van der Waals surface area contributed by atoms with E-state index in [1.54, 1.807) is 11.8 Å². The highest BCUT2D eigenvalue weighted by molar-refractivity contribution is 7.99. The van der Waals surface area contributed by atoms with E-state index in [9.17, 15) is 4.79 Å². The summed E-state index contributed by atoms with van der Waals surface area (Å²) in [5.41, 5.74) is 0.726. The molecule has 0 radical (unpaired) electrons. The molecule has 0 spiro atoms. The van der Waals surface area contributed by atoms with Crippen LogP contribution in [0.2, 0.25) is 0 Å². The van der Waals surface area contributed by atoms with Crippen LogP contribution in [-0.4, -0.2) is 36.3 Å². The summed E-state index contributed by atoms with van der Waals surface area (Å²) in [7, 11) is 1.39. The Morgan fingerprint density at radius 3 is 2.79 bits per heavy atom. The zero-order valence-corrected chi connectivity index (χ0v) is 9.60. The summed E-state index contributed by atoms with van der Waals surface area (Å²) in [6.45, 7) is 2.16. The largest absolute Gasteiger partial charge is 0.466 e. The number of esters is 1. The lowest BCUT2D eigenvalue weighted by Gasteiger charge is -2.01. The summed E-state index contributed by atoms with van der Waals surface area (Å²) >= 11 is 1.71. The molecule has 0 aromatic heterocycles. The topological polar surface area (TPSA) is 46.5 Å². The van der Waals surface area contributed by atoms with Crippen molar-refractivity contribution in [1.29, 1.82) is 0 Å². The molecule has 0 unspecified atom stereocenters. The number of aliphatic hydroxyl groups is 1. The first kappa shape index (κ1) is 13.5. The Kier molecular flexibility index (Phi) is 8.78. The molecule has 0 aromatic rings. The van der Waals surface area contributed by atoms with Gasteiger partial charge in [-0.2, -0.15) is 11.8 Å². The highest BCUT2D eigenvalue weighted by Crippen LogP contribution is 2.08. The molecular formula is C10H18O3S. The molecule has 0 aliphatic carbocycles. The lowest BCUT2D eigenvalue weighted by molar-refractivity contribution is -0.136. The van der Waals surface area contributed by atoms with Gasteiger partial charge in [-0.15, -0.1) is 0 Å². The molecule has 1 N–H and O–H groups in total. The lowest BCUT2D eigenvalue weighted by atomic mass is 10.2. The van der Waals surface area contributed by atoms with Crippen LogP contribution in [0.1, 0.15) is 19.8 Å². The molecule has 14 heavy (non-hydrogen) atoms. The Hall–Kier alpha value is -0.480. The molecule has 0 fully saturated rings. The molecule has 0 bridgehead atoms. The summed E-state index contributed by atoms with van der Waals surface area (Å²) in [5, 5.41) is 8.54. The van der Waals surface area contributed by atoms with Gasteiger partial charge in [0.2, 0.25) is 0 Å². The summed E-state index contributed by atoms with van der Waals surface area (Å²) < 4.78 is 4.62. The number of carbonyl (C=O) groups is 1. The van der Waals surface area contributed by atoms with Gasteiger partial charge < -0.3 is 9.84 Å². The van der Waals surface area contributed by atoms with Gasteiger partial charge >= 0.3 is 5.97 Å². The van der Waals surface area contributed by atoms with Crippen molar-refractivity contribution in [3.8, 4) is 0 Å². The normalized spacial score (nSPS) is 11.5. The van der Waals surface area contributed by atoms with Gasteiger partial charge in [0, 0.05) is 17.9 Å². The number of hydrogen-bond acceptors (Lipinski definition) is 4. The van der Waals surface area contributed by atoms with Gasteiger partial charge in [0.1, 0.15) is 0 Å². The first-order valence-corrected chi connectivity index (χ1v) is 5.87. The van der Waals surface area contributed by atoms with Crippen LogP contribution >= 0.6 is 11.8 Å². The van der Waals surface area contributed by atoms with Crippen molar-refractivity contribution < 1.29 is 14.6 Å². The predicted molar refractivity (Wildman–Crippen MR) is 59.4 cm³/mol. The van der Waals surface area contributed by atoms with E-state index in [0.717, 1.165) is 23.5 Å². The molecular weight excluding hydrogens is 200 g/mol. The zero-order chi connectivity index (χ0) is 10.8. The van der Waals surface area contributed by atoms with Crippen molar-refractivity contribution >= 4 is 17.7 Å². The van der Waals surface area contributed by atoms with E-state index in [2.05, 4.69) is 4.74 Å². The second kappa shape index (κ2) is 9.09. The smallest absolute Gasteiger partial charge is 0.333 e. The minimum atomic E-state index is -0.241. The van der Waals surface area contributed by atoms with Gasteiger partial charge in [0.25, 0.3) is 0 Å². The average Bonchev–Trinajstić information content (AvgIpc) is 2.22. The summed E-state index contributed by atoms with van der Waals surface area (Å²) in [5.74, 6) is 1.49. The van der Waals surface area contributed by atoms with Gasteiger partial charge in [-0.05, 0) is 18.6 Å². The summed E-state index contributed by atoms with van der Waals surface area (Å²) in [4.78, 5) is 11.1. The second-order valence-electron chi connectivity index (χ2n) is 2.73. The number of rotatable bonds is 7. The predicted octanol–water partition coefficient (Wildman–Crippen LogP) is 1.61. The monoisotopic (exact) mass is 218 g/mol. The first-order chi connectivity index (χ1) is 6.76. The van der Waals surface area contributed by atoms with Crippen molar-refractivity contribution in [3.05, 3.63) is 11.6 Å². The summed E-state index contributed by atoms with van der Waals surface area (Å²) in [6.07, 6.45) is 3.40. The molecule has 82 valence electrons. The minimum Gasteiger partial charge on any atom is -0.466 e. The van der Waals surface area contributed by atoms with Crippen LogP contribution in [0.5, 0.6) is 0 Å². The highest BCUT2D eigenvalue weighted by atomic mass is 32.2. The van der Waals surface area contributed by atoms with E-state index in [4.69, 9.17) is 5.11 Å². The molecule has 0 heterocycles. The third-order valence-electron chi connectivity index (χ3n) is 1.72. The maximum atomic E-state index is 11.1. The van der Waals surface area contributed by atoms with Crippen LogP contribution in [0.25, 0.3) is 0 Å². The summed E-state index contributed by atoms with van der Waals surface area (Å²) in [6, 6.07) is 0. The van der Waals surface area contributed by atoms with Gasteiger partial charge in [-0.1, -0.05) is 13.0 Å². The molecule has 3 nitrogen and oxygen atoms in total. The molecule has 4 heteroatoms. The van der Waals surface area contributed by atoms with Gasteiger partial charge in [-0.25, -0.2) is 4.79 Å². The number of carbonyl (C=O) groups excluding carboxylic acids is 1. The van der Waals surface area contributed by atoms with Crippen LogP contribution in [0.15, 0.2) is 11.6 Å². The highest BCUT2D eigenvalue weighted by Gasteiger charge is 2.05. The molecule has 0 saturated carbocycles. The van der Waals surface area contributed by atoms with Gasteiger partial charge in [0.05, 0.1) is 7.11 Å². The number of aliphatic hydroxyl groups excluding tert-OH is 1.